The third kappa shape index (κ3) is 2.34. The van der Waals surface area contributed by atoms with Gasteiger partial charge in [0.05, 0.1) is 6.04 Å². The molecule has 1 aliphatic heterocycles. The molecule has 0 spiro atoms. The Bertz CT molecular complexity index is 475. The van der Waals surface area contributed by atoms with Crippen LogP contribution in [0.5, 0.6) is 0 Å². The van der Waals surface area contributed by atoms with Crippen LogP contribution in [0, 0.1) is 5.82 Å². The summed E-state index contributed by atoms with van der Waals surface area (Å²) < 4.78 is 18.4. The van der Waals surface area contributed by atoms with E-state index in [2.05, 4.69) is 0 Å². The van der Waals surface area contributed by atoms with Gasteiger partial charge in [-0.25, -0.2) is 14.1 Å². The fourth-order valence-electron chi connectivity index (χ4n) is 2.00. The van der Waals surface area contributed by atoms with Gasteiger partial charge >= 0.3 is 6.09 Å². The monoisotopic (exact) mass is 251 g/mol. The van der Waals surface area contributed by atoms with Gasteiger partial charge in [-0.05, 0) is 18.1 Å². The third-order valence-corrected chi connectivity index (χ3v) is 2.95. The first-order valence-corrected chi connectivity index (χ1v) is 5.85. The van der Waals surface area contributed by atoms with E-state index in [-0.39, 0.29) is 31.2 Å². The molecule has 1 saturated heterocycles. The fraction of sp³-hybridized carbons (Fsp3) is 0.385. The maximum absolute atomic E-state index is 13.5. The first-order chi connectivity index (χ1) is 8.63. The van der Waals surface area contributed by atoms with Gasteiger partial charge in [-0.3, -0.25) is 4.79 Å². The molecule has 1 aromatic rings. The van der Waals surface area contributed by atoms with Gasteiger partial charge < -0.3 is 4.74 Å². The number of carbonyl (C=O) groups excluding carboxylic acids is 2. The Kier molecular flexibility index (Phi) is 3.60. The summed E-state index contributed by atoms with van der Waals surface area (Å²) in [6.07, 6.45) is -0.129. The highest BCUT2D eigenvalue weighted by atomic mass is 19.1. The molecular formula is C13H14FNO3. The lowest BCUT2D eigenvalue weighted by molar-refractivity contribution is -0.128. The number of carbonyl (C=O) groups is 2. The van der Waals surface area contributed by atoms with E-state index in [0.29, 0.717) is 5.56 Å². The Hall–Kier alpha value is -1.91. The van der Waals surface area contributed by atoms with Crippen LogP contribution in [0.4, 0.5) is 9.18 Å². The van der Waals surface area contributed by atoms with Gasteiger partial charge in [-0.15, -0.1) is 0 Å². The van der Waals surface area contributed by atoms with E-state index >= 15 is 0 Å². The number of nitrogens with zero attached hydrogens (tertiary/aromatic N) is 1. The van der Waals surface area contributed by atoms with Crippen molar-refractivity contribution in [3.63, 3.8) is 0 Å². The first-order valence-electron chi connectivity index (χ1n) is 5.85. The van der Waals surface area contributed by atoms with Crippen LogP contribution in [-0.4, -0.2) is 29.5 Å². The zero-order chi connectivity index (χ0) is 13.1. The molecule has 0 N–H and O–H groups in total. The molecular weight excluding hydrogens is 237 g/mol. The molecule has 1 aliphatic rings. The number of imide groups is 1. The van der Waals surface area contributed by atoms with Crippen molar-refractivity contribution in [1.29, 1.82) is 0 Å². The number of ether oxygens (including phenoxy) is 1. The maximum atomic E-state index is 13.5. The van der Waals surface area contributed by atoms with E-state index in [1.165, 1.54) is 6.07 Å². The normalized spacial score (nSPS) is 18.9. The summed E-state index contributed by atoms with van der Waals surface area (Å²) in [6.45, 7) is 1.80. The Morgan fingerprint density at radius 2 is 2.22 bits per heavy atom. The zero-order valence-electron chi connectivity index (χ0n) is 10.1. The minimum Gasteiger partial charge on any atom is -0.447 e. The van der Waals surface area contributed by atoms with Crippen LogP contribution in [0.25, 0.3) is 0 Å². The fourth-order valence-corrected chi connectivity index (χ4v) is 2.00. The molecule has 1 heterocycles. The van der Waals surface area contributed by atoms with E-state index < -0.39 is 12.1 Å². The van der Waals surface area contributed by atoms with Crippen LogP contribution in [0.15, 0.2) is 24.3 Å². The van der Waals surface area contributed by atoms with Crippen molar-refractivity contribution in [2.24, 2.45) is 0 Å². The average Bonchev–Trinajstić information content (AvgIpc) is 2.72. The minimum atomic E-state index is -0.636. The maximum Gasteiger partial charge on any atom is 0.416 e. The second-order valence-electron chi connectivity index (χ2n) is 4.14. The summed E-state index contributed by atoms with van der Waals surface area (Å²) in [5.41, 5.74) is 0.481. The average molecular weight is 251 g/mol. The van der Waals surface area contributed by atoms with Crippen LogP contribution in [0.2, 0.25) is 0 Å². The summed E-state index contributed by atoms with van der Waals surface area (Å²) in [7, 11) is 0. The van der Waals surface area contributed by atoms with Gasteiger partial charge in [0.1, 0.15) is 12.4 Å². The van der Waals surface area contributed by atoms with Crippen molar-refractivity contribution in [3.05, 3.63) is 35.6 Å². The zero-order valence-corrected chi connectivity index (χ0v) is 10.1. The summed E-state index contributed by atoms with van der Waals surface area (Å²) in [5.74, 6) is -0.625. The number of hydrogen-bond donors (Lipinski definition) is 0. The van der Waals surface area contributed by atoms with Crippen molar-refractivity contribution in [2.75, 3.05) is 6.61 Å². The standard InChI is InChI=1S/C13H14FNO3/c1-2-12(16)15-10(8-18-13(15)17)7-9-5-3-4-6-11(9)14/h3-6,10H,2,7-8H2,1H3/t10-/m1/s1. The SMILES string of the molecule is CCC(=O)N1C(=O)OC[C@H]1Cc1ccccc1F. The van der Waals surface area contributed by atoms with Crippen LogP contribution >= 0.6 is 0 Å². The van der Waals surface area contributed by atoms with E-state index in [1.807, 2.05) is 0 Å². The van der Waals surface area contributed by atoms with E-state index in [1.54, 1.807) is 25.1 Å². The van der Waals surface area contributed by atoms with Crippen molar-refractivity contribution in [3.8, 4) is 0 Å². The van der Waals surface area contributed by atoms with Crippen molar-refractivity contribution < 1.29 is 18.7 Å². The van der Waals surface area contributed by atoms with Gasteiger partial charge in [0.15, 0.2) is 0 Å². The molecule has 0 radical (unpaired) electrons. The molecule has 1 fully saturated rings. The molecule has 96 valence electrons. The predicted molar refractivity (Wildman–Crippen MR) is 62.4 cm³/mol. The molecule has 0 aromatic heterocycles. The Labute approximate surface area is 104 Å². The van der Waals surface area contributed by atoms with Gasteiger partial charge in [0.2, 0.25) is 5.91 Å². The molecule has 2 rings (SSSR count). The molecule has 1 aromatic carbocycles. The molecule has 0 unspecified atom stereocenters. The molecule has 0 bridgehead atoms. The Balaban J connectivity index is 2.16. The van der Waals surface area contributed by atoms with Crippen LogP contribution in [-0.2, 0) is 16.0 Å². The van der Waals surface area contributed by atoms with Crippen molar-refractivity contribution >= 4 is 12.0 Å². The summed E-state index contributed by atoms with van der Waals surface area (Å²) >= 11 is 0. The van der Waals surface area contributed by atoms with Gasteiger partial charge in [-0.2, -0.15) is 0 Å². The van der Waals surface area contributed by atoms with Crippen LogP contribution in [0.1, 0.15) is 18.9 Å². The lowest BCUT2D eigenvalue weighted by Gasteiger charge is -2.19. The molecule has 0 aliphatic carbocycles. The van der Waals surface area contributed by atoms with Gasteiger partial charge in [0, 0.05) is 6.42 Å². The van der Waals surface area contributed by atoms with Gasteiger partial charge in [-0.1, -0.05) is 25.1 Å². The lowest BCUT2D eigenvalue weighted by atomic mass is 10.1. The van der Waals surface area contributed by atoms with E-state index in [9.17, 15) is 14.0 Å². The Morgan fingerprint density at radius 3 is 2.89 bits per heavy atom. The Morgan fingerprint density at radius 1 is 1.50 bits per heavy atom. The number of benzene rings is 1. The summed E-state index contributed by atoms with van der Waals surface area (Å²) in [4.78, 5) is 24.2. The number of amides is 2. The topological polar surface area (TPSA) is 46.6 Å². The molecule has 5 heteroatoms. The number of cyclic esters (lactones) is 1. The minimum absolute atomic E-state index is 0.124. The lowest BCUT2D eigenvalue weighted by Crippen LogP contribution is -2.39. The summed E-state index contributed by atoms with van der Waals surface area (Å²) in [6, 6.07) is 5.92. The third-order valence-electron chi connectivity index (χ3n) is 2.95. The van der Waals surface area contributed by atoms with Crippen molar-refractivity contribution in [2.45, 2.75) is 25.8 Å². The predicted octanol–water partition coefficient (Wildman–Crippen LogP) is 2.13. The highest BCUT2D eigenvalue weighted by Gasteiger charge is 2.37. The van der Waals surface area contributed by atoms with Crippen LogP contribution < -0.4 is 0 Å². The smallest absolute Gasteiger partial charge is 0.416 e. The van der Waals surface area contributed by atoms with Gasteiger partial charge in [0.25, 0.3) is 0 Å². The number of halogens is 1. The van der Waals surface area contributed by atoms with E-state index in [0.717, 1.165) is 4.90 Å². The summed E-state index contributed by atoms with van der Waals surface area (Å²) in [5, 5.41) is 0. The molecule has 4 nitrogen and oxygen atoms in total. The first kappa shape index (κ1) is 12.5. The second kappa shape index (κ2) is 5.16. The quantitative estimate of drug-likeness (QED) is 0.826. The molecule has 1 atom stereocenters. The van der Waals surface area contributed by atoms with E-state index in [4.69, 9.17) is 4.74 Å². The highest BCUT2D eigenvalue weighted by Crippen LogP contribution is 2.19. The highest BCUT2D eigenvalue weighted by molar-refractivity contribution is 5.93. The number of rotatable bonds is 3. The second-order valence-corrected chi connectivity index (χ2v) is 4.14. The van der Waals surface area contributed by atoms with Crippen LogP contribution in [0.3, 0.4) is 0 Å². The largest absolute Gasteiger partial charge is 0.447 e. The molecule has 0 saturated carbocycles. The number of hydrogen-bond acceptors (Lipinski definition) is 3. The molecule has 18 heavy (non-hydrogen) atoms. The molecule has 2 amide bonds. The van der Waals surface area contributed by atoms with Crippen molar-refractivity contribution in [1.82, 2.24) is 4.90 Å².